The van der Waals surface area contributed by atoms with Gasteiger partial charge in [0.25, 0.3) is 5.91 Å². The fourth-order valence-corrected chi connectivity index (χ4v) is 1.50. The number of aromatic nitrogens is 2. The molecule has 2 aromatic rings. The Morgan fingerprint density at radius 2 is 2.18 bits per heavy atom. The van der Waals surface area contributed by atoms with E-state index in [1.54, 1.807) is 29.1 Å². The number of nitrogens with zero attached hydrogens (tertiary/aromatic N) is 2. The van der Waals surface area contributed by atoms with Crippen LogP contribution in [0.25, 0.3) is 0 Å². The molecule has 0 atom stereocenters. The van der Waals surface area contributed by atoms with Gasteiger partial charge in [-0.2, -0.15) is 5.10 Å². The number of benzene rings is 1. The van der Waals surface area contributed by atoms with Crippen molar-refractivity contribution in [2.45, 2.75) is 0 Å². The summed E-state index contributed by atoms with van der Waals surface area (Å²) in [5.41, 5.74) is 13.1. The van der Waals surface area contributed by atoms with Gasteiger partial charge in [-0.15, -0.1) is 0 Å². The third-order valence-electron chi connectivity index (χ3n) is 2.31. The van der Waals surface area contributed by atoms with Crippen LogP contribution in [0, 0.1) is 0 Å². The quantitative estimate of drug-likeness (QED) is 0.682. The molecule has 0 radical (unpaired) electrons. The largest absolute Gasteiger partial charge is 0.398 e. The van der Waals surface area contributed by atoms with Crippen molar-refractivity contribution in [3.8, 4) is 0 Å². The number of nitrogens with one attached hydrogen (secondary N) is 1. The average Bonchev–Trinajstić information content (AvgIpc) is 2.66. The van der Waals surface area contributed by atoms with Crippen molar-refractivity contribution in [1.29, 1.82) is 0 Å². The van der Waals surface area contributed by atoms with Gasteiger partial charge in [-0.25, -0.2) is 0 Å². The molecule has 88 valence electrons. The summed E-state index contributed by atoms with van der Waals surface area (Å²) in [6, 6.07) is 5.03. The topological polar surface area (TPSA) is 99.0 Å². The molecule has 1 aromatic carbocycles. The van der Waals surface area contributed by atoms with Gasteiger partial charge < -0.3 is 16.8 Å². The first kappa shape index (κ1) is 11.0. The molecule has 1 aromatic heterocycles. The van der Waals surface area contributed by atoms with Gasteiger partial charge in [0.1, 0.15) is 0 Å². The lowest BCUT2D eigenvalue weighted by atomic mass is 10.1. The molecule has 1 heterocycles. The van der Waals surface area contributed by atoms with Gasteiger partial charge in [0, 0.05) is 24.6 Å². The number of amides is 1. The number of hydrogen-bond donors (Lipinski definition) is 3. The molecule has 1 amide bonds. The third-order valence-corrected chi connectivity index (χ3v) is 2.31. The smallest absolute Gasteiger partial charge is 0.250 e. The van der Waals surface area contributed by atoms with Gasteiger partial charge >= 0.3 is 0 Å². The van der Waals surface area contributed by atoms with Crippen LogP contribution < -0.4 is 16.8 Å². The van der Waals surface area contributed by atoms with Crippen LogP contribution in [-0.2, 0) is 7.05 Å². The van der Waals surface area contributed by atoms with Crippen molar-refractivity contribution >= 4 is 23.0 Å². The van der Waals surface area contributed by atoms with Gasteiger partial charge in [0.2, 0.25) is 0 Å². The minimum Gasteiger partial charge on any atom is -0.398 e. The number of carbonyl (C=O) groups excluding carboxylic acids is 1. The number of anilines is 3. The summed E-state index contributed by atoms with van der Waals surface area (Å²) in [4.78, 5) is 11.1. The Kier molecular flexibility index (Phi) is 2.70. The van der Waals surface area contributed by atoms with Crippen LogP contribution in [0.15, 0.2) is 30.6 Å². The number of primary amides is 1. The van der Waals surface area contributed by atoms with E-state index in [-0.39, 0.29) is 0 Å². The number of carbonyl (C=O) groups is 1. The Labute approximate surface area is 98.2 Å². The summed E-state index contributed by atoms with van der Waals surface area (Å²) in [6.07, 6.45) is 3.50. The first-order chi connectivity index (χ1) is 8.06. The summed E-state index contributed by atoms with van der Waals surface area (Å²) >= 11 is 0. The Hall–Kier alpha value is -2.50. The first-order valence-corrected chi connectivity index (χ1v) is 5.01. The highest BCUT2D eigenvalue weighted by molar-refractivity contribution is 5.99. The predicted molar refractivity (Wildman–Crippen MR) is 65.9 cm³/mol. The molecular weight excluding hydrogens is 218 g/mol. The number of nitrogen functional groups attached to an aromatic ring is 1. The van der Waals surface area contributed by atoms with Crippen molar-refractivity contribution in [1.82, 2.24) is 9.78 Å². The van der Waals surface area contributed by atoms with E-state index in [2.05, 4.69) is 10.4 Å². The Bertz CT molecular complexity index is 561. The second kappa shape index (κ2) is 4.17. The fourth-order valence-electron chi connectivity index (χ4n) is 1.50. The van der Waals surface area contributed by atoms with E-state index in [4.69, 9.17) is 11.5 Å². The van der Waals surface area contributed by atoms with Crippen molar-refractivity contribution in [3.05, 3.63) is 36.2 Å². The zero-order valence-corrected chi connectivity index (χ0v) is 9.34. The summed E-state index contributed by atoms with van der Waals surface area (Å²) in [7, 11) is 1.82. The lowest BCUT2D eigenvalue weighted by Gasteiger charge is -2.07. The van der Waals surface area contributed by atoms with Gasteiger partial charge in [-0.3, -0.25) is 9.48 Å². The molecule has 5 N–H and O–H groups in total. The van der Waals surface area contributed by atoms with Crippen LogP contribution in [0.1, 0.15) is 10.4 Å². The molecule has 0 aliphatic heterocycles. The van der Waals surface area contributed by atoms with Crippen LogP contribution in [0.2, 0.25) is 0 Å². The first-order valence-electron chi connectivity index (χ1n) is 5.01. The molecule has 17 heavy (non-hydrogen) atoms. The van der Waals surface area contributed by atoms with Crippen molar-refractivity contribution in [2.75, 3.05) is 11.1 Å². The van der Waals surface area contributed by atoms with E-state index < -0.39 is 5.91 Å². The lowest BCUT2D eigenvalue weighted by molar-refractivity contribution is 0.100. The molecule has 0 spiro atoms. The lowest BCUT2D eigenvalue weighted by Crippen LogP contribution is -2.13. The Morgan fingerprint density at radius 3 is 2.76 bits per heavy atom. The van der Waals surface area contributed by atoms with Gasteiger partial charge in [-0.1, -0.05) is 0 Å². The SMILES string of the molecule is Cn1cc(Nc2ccc(N)c(C(N)=O)c2)cn1. The highest BCUT2D eigenvalue weighted by Crippen LogP contribution is 2.20. The monoisotopic (exact) mass is 231 g/mol. The van der Waals surface area contributed by atoms with E-state index in [0.717, 1.165) is 11.4 Å². The maximum absolute atomic E-state index is 11.1. The van der Waals surface area contributed by atoms with E-state index in [1.165, 1.54) is 0 Å². The highest BCUT2D eigenvalue weighted by Gasteiger charge is 2.07. The summed E-state index contributed by atoms with van der Waals surface area (Å²) in [6.45, 7) is 0. The molecule has 0 saturated heterocycles. The van der Waals surface area contributed by atoms with Crippen LogP contribution >= 0.6 is 0 Å². The molecule has 0 saturated carbocycles. The van der Waals surface area contributed by atoms with E-state index in [1.807, 2.05) is 13.2 Å². The van der Waals surface area contributed by atoms with Crippen molar-refractivity contribution in [3.63, 3.8) is 0 Å². The number of rotatable bonds is 3. The van der Waals surface area contributed by atoms with Crippen molar-refractivity contribution < 1.29 is 4.79 Å². The van der Waals surface area contributed by atoms with Crippen LogP contribution in [0.5, 0.6) is 0 Å². The van der Waals surface area contributed by atoms with Crippen LogP contribution in [0.3, 0.4) is 0 Å². The van der Waals surface area contributed by atoms with Crippen LogP contribution in [-0.4, -0.2) is 15.7 Å². The molecule has 2 rings (SSSR count). The highest BCUT2D eigenvalue weighted by atomic mass is 16.1. The summed E-state index contributed by atoms with van der Waals surface area (Å²) in [5.74, 6) is -0.544. The van der Waals surface area contributed by atoms with Crippen LogP contribution in [0.4, 0.5) is 17.1 Å². The second-order valence-electron chi connectivity index (χ2n) is 3.69. The normalized spacial score (nSPS) is 10.2. The maximum Gasteiger partial charge on any atom is 0.250 e. The Balaban J connectivity index is 2.28. The predicted octanol–water partition coefficient (Wildman–Crippen LogP) is 0.845. The van der Waals surface area contributed by atoms with E-state index in [0.29, 0.717) is 11.3 Å². The number of nitrogens with two attached hydrogens (primary N) is 2. The minimum absolute atomic E-state index is 0.305. The molecule has 6 heteroatoms. The molecule has 0 aliphatic carbocycles. The molecule has 0 bridgehead atoms. The molecule has 6 nitrogen and oxygen atoms in total. The number of aryl methyl sites for hydroxylation is 1. The Morgan fingerprint density at radius 1 is 1.41 bits per heavy atom. The zero-order chi connectivity index (χ0) is 12.4. The molecule has 0 fully saturated rings. The van der Waals surface area contributed by atoms with Crippen molar-refractivity contribution in [2.24, 2.45) is 12.8 Å². The second-order valence-corrected chi connectivity index (χ2v) is 3.69. The molecular formula is C11H13N5O. The van der Waals surface area contributed by atoms with Gasteiger partial charge in [0.05, 0.1) is 17.4 Å². The third kappa shape index (κ3) is 2.36. The standard InChI is InChI=1S/C11H13N5O/c1-16-6-8(5-14-16)15-7-2-3-10(12)9(4-7)11(13)17/h2-6,15H,12H2,1H3,(H2,13,17). The zero-order valence-electron chi connectivity index (χ0n) is 9.34. The summed E-state index contributed by atoms with van der Waals surface area (Å²) < 4.78 is 1.68. The minimum atomic E-state index is -0.544. The van der Waals surface area contributed by atoms with E-state index >= 15 is 0 Å². The summed E-state index contributed by atoms with van der Waals surface area (Å²) in [5, 5.41) is 7.13. The molecule has 0 aliphatic rings. The average molecular weight is 231 g/mol. The fraction of sp³-hybridized carbons (Fsp3) is 0.0909. The van der Waals surface area contributed by atoms with Gasteiger partial charge in [0.15, 0.2) is 0 Å². The van der Waals surface area contributed by atoms with Gasteiger partial charge in [-0.05, 0) is 18.2 Å². The number of hydrogen-bond acceptors (Lipinski definition) is 4. The van der Waals surface area contributed by atoms with E-state index in [9.17, 15) is 4.79 Å². The molecule has 0 unspecified atom stereocenters. The maximum atomic E-state index is 11.1.